The van der Waals surface area contributed by atoms with E-state index in [-0.39, 0.29) is 30.5 Å². The van der Waals surface area contributed by atoms with Gasteiger partial charge >= 0.3 is 15.6 Å². The van der Waals surface area contributed by atoms with Crippen LogP contribution in [-0.2, 0) is 14.9 Å². The van der Waals surface area contributed by atoms with Crippen LogP contribution in [0.3, 0.4) is 0 Å². The molecule has 1 aliphatic heterocycles. The smallest absolute Gasteiger partial charge is 0.393 e. The molecule has 6 nitrogen and oxygen atoms in total. The molecule has 0 saturated carbocycles. The first-order chi connectivity index (χ1) is 17.4. The quantitative estimate of drug-likeness (QED) is 0.211. The number of carbonyl (C=O) groups excluding carboxylic acids is 1. The number of halogens is 5. The maximum atomic E-state index is 13.4. The van der Waals surface area contributed by atoms with Gasteiger partial charge in [-0.3, -0.25) is 4.79 Å². The third kappa shape index (κ3) is 5.69. The van der Waals surface area contributed by atoms with Gasteiger partial charge in [0, 0.05) is 11.6 Å². The average molecular weight is 544 g/mol. The Bertz CT molecular complexity index is 1310. The van der Waals surface area contributed by atoms with E-state index >= 15 is 0 Å². The summed E-state index contributed by atoms with van der Waals surface area (Å²) in [6, 6.07) is 9.34. The minimum absolute atomic E-state index is 0.222. The van der Waals surface area contributed by atoms with Crippen molar-refractivity contribution in [3.8, 4) is 5.75 Å². The topological polar surface area (TPSA) is 83.9 Å². The molecule has 1 amide bonds. The Morgan fingerprint density at radius 2 is 1.70 bits per heavy atom. The van der Waals surface area contributed by atoms with Crippen molar-refractivity contribution < 1.29 is 44.5 Å². The number of amides is 1. The van der Waals surface area contributed by atoms with E-state index in [1.54, 1.807) is 6.08 Å². The van der Waals surface area contributed by atoms with Crippen molar-refractivity contribution in [2.45, 2.75) is 36.9 Å². The van der Waals surface area contributed by atoms with E-state index < -0.39 is 45.3 Å². The minimum atomic E-state index is -5.85. The second kappa shape index (κ2) is 10.3. The highest BCUT2D eigenvalue weighted by atomic mass is 32.2. The molecular weight excluding hydrogens is 521 g/mol. The van der Waals surface area contributed by atoms with Crippen molar-refractivity contribution in [1.29, 1.82) is 0 Å². The number of allylic oxidation sites excluding steroid dienone is 3. The number of anilines is 1. The normalized spacial score (nSPS) is 22.9. The molecule has 2 aromatic rings. The highest BCUT2D eigenvalue weighted by Crippen LogP contribution is 2.46. The van der Waals surface area contributed by atoms with Crippen LogP contribution in [0, 0.1) is 17.7 Å². The van der Waals surface area contributed by atoms with Gasteiger partial charge in [-0.05, 0) is 73.4 Å². The zero-order valence-electron chi connectivity index (χ0n) is 19.1. The van der Waals surface area contributed by atoms with E-state index in [0.717, 1.165) is 12.1 Å². The Hall–Kier alpha value is -3.25. The molecule has 1 fully saturated rings. The van der Waals surface area contributed by atoms with Gasteiger partial charge in [-0.15, -0.1) is 0 Å². The Morgan fingerprint density at radius 3 is 2.27 bits per heavy atom. The van der Waals surface area contributed by atoms with Gasteiger partial charge in [0.1, 0.15) is 17.4 Å². The van der Waals surface area contributed by atoms with Crippen molar-refractivity contribution in [2.75, 3.05) is 4.90 Å². The van der Waals surface area contributed by atoms with E-state index in [1.165, 1.54) is 53.5 Å². The standard InChI is InChI=1S/C25H22F5NO5S/c26-17-5-1-15(2-6-17)22(32)14-13-21-23(31(24(21)33)19-9-7-18(27)8-10-19)16-3-11-20(12-4-16)36-37(34,35)25(28,29)30/h1,3-12,15,21-23,32H,2,13-14H2/t15?,21-,22+,23-/m1/s1. The highest BCUT2D eigenvalue weighted by molar-refractivity contribution is 7.88. The largest absolute Gasteiger partial charge is 0.534 e. The lowest BCUT2D eigenvalue weighted by atomic mass is 9.77. The summed E-state index contributed by atoms with van der Waals surface area (Å²) >= 11 is 0. The van der Waals surface area contributed by atoms with Crippen LogP contribution in [0.2, 0.25) is 0 Å². The summed E-state index contributed by atoms with van der Waals surface area (Å²) in [5.74, 6) is -2.68. The molecule has 0 aromatic heterocycles. The number of β-lactam (4-membered cyclic amide) rings is 1. The summed E-state index contributed by atoms with van der Waals surface area (Å²) < 4.78 is 91.2. The van der Waals surface area contributed by atoms with Crippen LogP contribution in [0.4, 0.5) is 27.6 Å². The number of aliphatic hydroxyl groups excluding tert-OH is 1. The van der Waals surface area contributed by atoms with Gasteiger partial charge in [0.15, 0.2) is 0 Å². The first-order valence-electron chi connectivity index (χ1n) is 11.3. The van der Waals surface area contributed by atoms with Crippen molar-refractivity contribution in [2.24, 2.45) is 11.8 Å². The van der Waals surface area contributed by atoms with E-state index in [2.05, 4.69) is 4.18 Å². The molecule has 0 radical (unpaired) electrons. The number of nitrogens with zero attached hydrogens (tertiary/aromatic N) is 1. The van der Waals surface area contributed by atoms with Crippen LogP contribution >= 0.6 is 0 Å². The van der Waals surface area contributed by atoms with Crippen LogP contribution in [0.5, 0.6) is 5.75 Å². The lowest BCUT2D eigenvalue weighted by Crippen LogP contribution is -2.55. The molecule has 1 aliphatic carbocycles. The SMILES string of the molecule is O=C1[C@H](CC[C@H](O)C2C=CC(F)=CC2)[C@@H](c2ccc(OS(=O)(=O)C(F)(F)F)cc2)N1c1ccc(F)cc1. The summed E-state index contributed by atoms with van der Waals surface area (Å²) in [5.41, 5.74) is -4.72. The van der Waals surface area contributed by atoms with E-state index in [1.807, 2.05) is 0 Å². The van der Waals surface area contributed by atoms with Crippen LogP contribution in [0.1, 0.15) is 30.9 Å². The number of hydrogen-bond acceptors (Lipinski definition) is 5. The second-order valence-electron chi connectivity index (χ2n) is 8.78. The maximum Gasteiger partial charge on any atom is 0.534 e. The zero-order valence-corrected chi connectivity index (χ0v) is 19.9. The molecule has 0 bridgehead atoms. The molecule has 2 aliphatic rings. The van der Waals surface area contributed by atoms with Crippen LogP contribution in [0.15, 0.2) is 72.6 Å². The zero-order chi connectivity index (χ0) is 27.0. The molecule has 12 heteroatoms. The molecular formula is C25H22F5NO5S. The van der Waals surface area contributed by atoms with Crippen LogP contribution in [-0.4, -0.2) is 31.0 Å². The summed E-state index contributed by atoms with van der Waals surface area (Å²) in [7, 11) is -5.85. The van der Waals surface area contributed by atoms with Gasteiger partial charge < -0.3 is 14.2 Å². The van der Waals surface area contributed by atoms with Crippen molar-refractivity contribution in [3.63, 3.8) is 0 Å². The lowest BCUT2D eigenvalue weighted by molar-refractivity contribution is -0.131. The fourth-order valence-corrected chi connectivity index (χ4v) is 4.91. The number of hydrogen-bond donors (Lipinski definition) is 1. The molecule has 4 rings (SSSR count). The number of benzene rings is 2. The van der Waals surface area contributed by atoms with Gasteiger partial charge in [0.25, 0.3) is 0 Å². The van der Waals surface area contributed by atoms with Gasteiger partial charge in [0.05, 0.1) is 18.1 Å². The number of rotatable bonds is 8. The van der Waals surface area contributed by atoms with Gasteiger partial charge in [-0.25, -0.2) is 8.78 Å². The Labute approximate surface area is 209 Å². The molecule has 1 saturated heterocycles. The molecule has 1 heterocycles. The summed E-state index contributed by atoms with van der Waals surface area (Å²) in [4.78, 5) is 14.5. The van der Waals surface area contributed by atoms with Crippen LogP contribution < -0.4 is 9.08 Å². The van der Waals surface area contributed by atoms with E-state index in [9.17, 15) is 40.3 Å². The number of carbonyl (C=O) groups is 1. The van der Waals surface area contributed by atoms with E-state index in [0.29, 0.717) is 17.7 Å². The Kier molecular flexibility index (Phi) is 7.43. The lowest BCUT2D eigenvalue weighted by Gasteiger charge is -2.48. The fourth-order valence-electron chi connectivity index (χ4n) is 4.46. The number of aliphatic hydroxyl groups is 1. The molecule has 198 valence electrons. The predicted octanol–water partition coefficient (Wildman–Crippen LogP) is 5.33. The minimum Gasteiger partial charge on any atom is -0.393 e. The van der Waals surface area contributed by atoms with Crippen molar-refractivity contribution in [3.05, 3.63) is 84.0 Å². The molecule has 0 spiro atoms. The van der Waals surface area contributed by atoms with Gasteiger partial charge in [0.2, 0.25) is 5.91 Å². The third-order valence-corrected chi connectivity index (χ3v) is 7.36. The Balaban J connectivity index is 1.54. The van der Waals surface area contributed by atoms with Crippen molar-refractivity contribution >= 4 is 21.7 Å². The highest BCUT2D eigenvalue weighted by Gasteiger charge is 2.50. The number of alkyl halides is 3. The monoisotopic (exact) mass is 543 g/mol. The molecule has 1 unspecified atom stereocenters. The molecule has 1 N–H and O–H groups in total. The third-order valence-electron chi connectivity index (χ3n) is 6.39. The van der Waals surface area contributed by atoms with Crippen molar-refractivity contribution in [1.82, 2.24) is 0 Å². The maximum absolute atomic E-state index is 13.4. The Morgan fingerprint density at radius 1 is 1.05 bits per heavy atom. The van der Waals surface area contributed by atoms with Gasteiger partial charge in [-0.1, -0.05) is 18.2 Å². The first kappa shape index (κ1) is 26.8. The molecule has 4 atom stereocenters. The first-order valence-corrected chi connectivity index (χ1v) is 12.7. The summed E-state index contributed by atoms with van der Waals surface area (Å²) in [6.45, 7) is 0. The van der Waals surface area contributed by atoms with Gasteiger partial charge in [-0.2, -0.15) is 21.6 Å². The van der Waals surface area contributed by atoms with E-state index in [4.69, 9.17) is 0 Å². The fraction of sp³-hybridized carbons (Fsp3) is 0.320. The molecule has 37 heavy (non-hydrogen) atoms. The summed E-state index contributed by atoms with van der Waals surface area (Å²) in [5, 5.41) is 10.6. The average Bonchev–Trinajstić information content (AvgIpc) is 2.84. The van der Waals surface area contributed by atoms with Crippen LogP contribution in [0.25, 0.3) is 0 Å². The predicted molar refractivity (Wildman–Crippen MR) is 124 cm³/mol. The summed E-state index contributed by atoms with van der Waals surface area (Å²) in [6.07, 6.45) is 4.16. The molecule has 2 aromatic carbocycles. The second-order valence-corrected chi connectivity index (χ2v) is 10.3.